The van der Waals surface area contributed by atoms with Crippen molar-refractivity contribution in [2.45, 2.75) is 18.3 Å². The summed E-state index contributed by atoms with van der Waals surface area (Å²) < 4.78 is 0. The fourth-order valence-corrected chi connectivity index (χ4v) is 3.98. The van der Waals surface area contributed by atoms with E-state index in [0.717, 1.165) is 6.42 Å². The summed E-state index contributed by atoms with van der Waals surface area (Å²) in [7, 11) is 0. The average Bonchev–Trinajstić information content (AvgIpc) is 3.08. The summed E-state index contributed by atoms with van der Waals surface area (Å²) in [5.41, 5.74) is 7.08. The van der Waals surface area contributed by atoms with Crippen LogP contribution >= 0.6 is 0 Å². The molecule has 1 aromatic carbocycles. The van der Waals surface area contributed by atoms with Crippen LogP contribution in [0.3, 0.4) is 0 Å². The minimum absolute atomic E-state index is 0.129. The van der Waals surface area contributed by atoms with E-state index < -0.39 is 11.3 Å². The second-order valence-corrected chi connectivity index (χ2v) is 7.36. The van der Waals surface area contributed by atoms with E-state index in [1.165, 1.54) is 0 Å². The topological polar surface area (TPSA) is 137 Å². The molecule has 2 aromatic heterocycles. The summed E-state index contributed by atoms with van der Waals surface area (Å²) in [6.45, 7) is 1.17. The first-order valence-electron chi connectivity index (χ1n) is 9.42. The second kappa shape index (κ2) is 7.51. The fraction of sp³-hybridized carbons (Fsp3) is 0.300. The van der Waals surface area contributed by atoms with Crippen LogP contribution in [-0.4, -0.2) is 51.3 Å². The van der Waals surface area contributed by atoms with Gasteiger partial charge in [-0.1, -0.05) is 6.07 Å². The van der Waals surface area contributed by atoms with E-state index in [-0.39, 0.29) is 18.1 Å². The number of piperidine rings is 1. The maximum atomic E-state index is 12.6. The standard InChI is InChI=1S/C20H22N6O3/c21-18(28)20(16-4-1-2-8-22-16)7-3-9-26(12-20)11-17(27)23-13-5-6-14-15(10-13)25-19(29)24-14/h1-2,4-6,8,10H,3,7,9,11-12H2,(H2,21,28)(H,23,27)(H2,24,25,29)/t20-/m1/s1. The smallest absolute Gasteiger partial charge is 0.323 e. The predicted octanol–water partition coefficient (Wildman–Crippen LogP) is 0.709. The molecule has 1 fully saturated rings. The predicted molar refractivity (Wildman–Crippen MR) is 108 cm³/mol. The number of nitrogens with zero attached hydrogens (tertiary/aromatic N) is 2. The Morgan fingerprint density at radius 2 is 2.03 bits per heavy atom. The number of primary amides is 1. The van der Waals surface area contributed by atoms with E-state index in [9.17, 15) is 14.4 Å². The summed E-state index contributed by atoms with van der Waals surface area (Å²) >= 11 is 0. The molecule has 1 aliphatic rings. The van der Waals surface area contributed by atoms with Crippen molar-refractivity contribution in [2.24, 2.45) is 5.73 Å². The molecule has 1 saturated heterocycles. The maximum Gasteiger partial charge on any atom is 0.323 e. The molecule has 0 bridgehead atoms. The minimum atomic E-state index is -0.899. The molecule has 9 nitrogen and oxygen atoms in total. The van der Waals surface area contributed by atoms with Gasteiger partial charge >= 0.3 is 5.69 Å². The molecule has 3 aromatic rings. The number of hydrogen-bond donors (Lipinski definition) is 4. The van der Waals surface area contributed by atoms with Gasteiger partial charge < -0.3 is 21.0 Å². The Hall–Kier alpha value is -3.46. The van der Waals surface area contributed by atoms with Gasteiger partial charge in [0.15, 0.2) is 0 Å². The highest BCUT2D eigenvalue weighted by Crippen LogP contribution is 2.32. The molecular weight excluding hydrogens is 372 g/mol. The monoisotopic (exact) mass is 394 g/mol. The van der Waals surface area contributed by atoms with Gasteiger partial charge in [-0.3, -0.25) is 19.5 Å². The molecule has 0 saturated carbocycles. The first-order chi connectivity index (χ1) is 14.0. The third kappa shape index (κ3) is 3.77. The third-order valence-electron chi connectivity index (χ3n) is 5.37. The highest BCUT2D eigenvalue weighted by Gasteiger charge is 2.43. The number of likely N-dealkylation sites (tertiary alicyclic amines) is 1. The number of aromatic amines is 2. The lowest BCUT2D eigenvalue weighted by Gasteiger charge is -2.40. The van der Waals surface area contributed by atoms with Crippen LogP contribution in [0, 0.1) is 0 Å². The van der Waals surface area contributed by atoms with E-state index >= 15 is 0 Å². The van der Waals surface area contributed by atoms with Crippen LogP contribution in [0.1, 0.15) is 18.5 Å². The maximum absolute atomic E-state index is 12.6. The molecule has 3 heterocycles. The van der Waals surface area contributed by atoms with Crippen molar-refractivity contribution in [3.05, 3.63) is 58.8 Å². The molecule has 0 spiro atoms. The number of carbonyl (C=O) groups excluding carboxylic acids is 2. The molecule has 1 atom stereocenters. The van der Waals surface area contributed by atoms with Gasteiger partial charge in [-0.25, -0.2) is 4.79 Å². The van der Waals surface area contributed by atoms with Gasteiger partial charge in [0.1, 0.15) is 5.41 Å². The first kappa shape index (κ1) is 18.9. The number of nitrogens with two attached hydrogens (primary N) is 1. The van der Waals surface area contributed by atoms with Gasteiger partial charge in [0.2, 0.25) is 11.8 Å². The number of imidazole rings is 1. The summed E-state index contributed by atoms with van der Waals surface area (Å²) in [5, 5.41) is 2.84. The molecular formula is C20H22N6O3. The van der Waals surface area contributed by atoms with Crippen molar-refractivity contribution in [1.29, 1.82) is 0 Å². The lowest BCUT2D eigenvalue weighted by Crippen LogP contribution is -2.55. The van der Waals surface area contributed by atoms with Crippen molar-refractivity contribution in [2.75, 3.05) is 25.0 Å². The van der Waals surface area contributed by atoms with Crippen LogP contribution in [0.25, 0.3) is 11.0 Å². The Labute approximate surface area is 166 Å². The summed E-state index contributed by atoms with van der Waals surface area (Å²) in [6, 6.07) is 10.6. The Bertz CT molecular complexity index is 1110. The van der Waals surface area contributed by atoms with Crippen LogP contribution in [-0.2, 0) is 15.0 Å². The van der Waals surface area contributed by atoms with Crippen molar-refractivity contribution in [1.82, 2.24) is 19.9 Å². The van der Waals surface area contributed by atoms with Crippen LogP contribution in [0.4, 0.5) is 5.69 Å². The second-order valence-electron chi connectivity index (χ2n) is 7.36. The Balaban J connectivity index is 1.47. The lowest BCUT2D eigenvalue weighted by molar-refractivity contribution is -0.127. The van der Waals surface area contributed by atoms with Crippen LogP contribution in [0.15, 0.2) is 47.4 Å². The van der Waals surface area contributed by atoms with Gasteiger partial charge in [0.05, 0.1) is 23.3 Å². The zero-order valence-electron chi connectivity index (χ0n) is 15.8. The van der Waals surface area contributed by atoms with E-state index in [2.05, 4.69) is 20.3 Å². The number of anilines is 1. The van der Waals surface area contributed by atoms with Crippen LogP contribution < -0.4 is 16.7 Å². The van der Waals surface area contributed by atoms with E-state index in [1.807, 2.05) is 11.0 Å². The SMILES string of the molecule is NC(=O)[C@]1(c2ccccn2)CCCN(CC(=O)Nc2ccc3[nH]c(=O)[nH]c3c2)C1. The van der Waals surface area contributed by atoms with Gasteiger partial charge in [0.25, 0.3) is 0 Å². The fourth-order valence-electron chi connectivity index (χ4n) is 3.98. The zero-order valence-corrected chi connectivity index (χ0v) is 15.8. The number of amides is 2. The van der Waals surface area contributed by atoms with Gasteiger partial charge in [-0.15, -0.1) is 0 Å². The molecule has 29 heavy (non-hydrogen) atoms. The first-order valence-corrected chi connectivity index (χ1v) is 9.42. The molecule has 4 rings (SSSR count). The number of nitrogens with one attached hydrogen (secondary N) is 3. The third-order valence-corrected chi connectivity index (χ3v) is 5.37. The van der Waals surface area contributed by atoms with Crippen molar-refractivity contribution in [3.8, 4) is 0 Å². The Kier molecular flexibility index (Phi) is 4.89. The molecule has 150 valence electrons. The molecule has 0 aliphatic carbocycles. The summed E-state index contributed by atoms with van der Waals surface area (Å²) in [5.74, 6) is -0.633. The van der Waals surface area contributed by atoms with Crippen molar-refractivity contribution in [3.63, 3.8) is 0 Å². The number of pyridine rings is 1. The van der Waals surface area contributed by atoms with Gasteiger partial charge in [-0.05, 0) is 49.7 Å². The van der Waals surface area contributed by atoms with Gasteiger partial charge in [0, 0.05) is 18.4 Å². The summed E-state index contributed by atoms with van der Waals surface area (Å²) in [6.07, 6.45) is 2.99. The average molecular weight is 394 g/mol. The number of rotatable bonds is 5. The highest BCUT2D eigenvalue weighted by molar-refractivity contribution is 5.94. The molecule has 9 heteroatoms. The zero-order chi connectivity index (χ0) is 20.4. The van der Waals surface area contributed by atoms with Gasteiger partial charge in [-0.2, -0.15) is 0 Å². The molecule has 1 aliphatic heterocycles. The lowest BCUT2D eigenvalue weighted by atomic mass is 9.76. The van der Waals surface area contributed by atoms with E-state index in [0.29, 0.717) is 41.9 Å². The largest absolute Gasteiger partial charge is 0.369 e. The summed E-state index contributed by atoms with van der Waals surface area (Å²) in [4.78, 5) is 47.9. The Morgan fingerprint density at radius 3 is 2.79 bits per heavy atom. The van der Waals surface area contributed by atoms with E-state index in [4.69, 9.17) is 5.73 Å². The normalized spacial score (nSPS) is 19.9. The molecule has 0 radical (unpaired) electrons. The van der Waals surface area contributed by atoms with Crippen LogP contribution in [0.5, 0.6) is 0 Å². The number of carbonyl (C=O) groups is 2. The Morgan fingerprint density at radius 1 is 1.21 bits per heavy atom. The van der Waals surface area contributed by atoms with E-state index in [1.54, 1.807) is 36.5 Å². The van der Waals surface area contributed by atoms with Crippen LogP contribution in [0.2, 0.25) is 0 Å². The number of H-pyrrole nitrogens is 2. The number of benzene rings is 1. The quantitative estimate of drug-likeness (QED) is 0.505. The molecule has 0 unspecified atom stereocenters. The minimum Gasteiger partial charge on any atom is -0.369 e. The molecule has 5 N–H and O–H groups in total. The molecule has 2 amide bonds. The highest BCUT2D eigenvalue weighted by atomic mass is 16.2. The van der Waals surface area contributed by atoms with Crippen molar-refractivity contribution < 1.29 is 9.59 Å². The number of hydrogen-bond acceptors (Lipinski definition) is 5. The number of aromatic nitrogens is 3. The number of fused-ring (bicyclic) bond motifs is 1. The van der Waals surface area contributed by atoms with Crippen molar-refractivity contribution >= 4 is 28.5 Å².